The molecule has 68 valence electrons. The van der Waals surface area contributed by atoms with E-state index in [1.807, 2.05) is 0 Å². The van der Waals surface area contributed by atoms with Crippen molar-refractivity contribution < 1.29 is 14.3 Å². The largest absolute Gasteiger partial charge is 0.478 e. The monoisotopic (exact) mass is 172 g/mol. The third-order valence-corrected chi connectivity index (χ3v) is 1.32. The molecule has 3 heteroatoms. The van der Waals surface area contributed by atoms with Crippen LogP contribution < -0.4 is 0 Å². The lowest BCUT2D eigenvalue weighted by atomic mass is 10.2. The van der Waals surface area contributed by atoms with Crippen LogP contribution in [-0.4, -0.2) is 17.2 Å². The highest BCUT2D eigenvalue weighted by Crippen LogP contribution is 2.02. The molecule has 0 aliphatic carbocycles. The van der Waals surface area contributed by atoms with Crippen molar-refractivity contribution in [3.05, 3.63) is 24.3 Å². The Bertz CT molecular complexity index is 195. The molecule has 0 heterocycles. The smallest absolute Gasteiger partial charge is 0.335 e. The minimum Gasteiger partial charge on any atom is -0.478 e. The number of hydrogen-bond donors (Lipinski definition) is 1. The predicted molar refractivity (Wildman–Crippen MR) is 45.7 cm³/mol. The van der Waals surface area contributed by atoms with Gasteiger partial charge < -0.3 is 5.11 Å². The number of alkyl halides is 1. The maximum Gasteiger partial charge on any atom is 0.335 e. The van der Waals surface area contributed by atoms with Crippen LogP contribution in [0.25, 0.3) is 0 Å². The first-order valence-electron chi connectivity index (χ1n) is 3.77. The number of carboxylic acids is 1. The molecule has 0 bridgehead atoms. The summed E-state index contributed by atoms with van der Waals surface area (Å²) in [5.41, 5.74) is 0.0292. The van der Waals surface area contributed by atoms with E-state index in [1.165, 1.54) is 13.0 Å². The summed E-state index contributed by atoms with van der Waals surface area (Å²) in [5.74, 6) is -1.04. The summed E-state index contributed by atoms with van der Waals surface area (Å²) in [6, 6.07) is 0. The fraction of sp³-hybridized carbons (Fsp3) is 0.444. The molecule has 1 atom stereocenters. The molecule has 0 fully saturated rings. The quantitative estimate of drug-likeness (QED) is 0.510. The van der Waals surface area contributed by atoms with Gasteiger partial charge in [0.25, 0.3) is 0 Å². The molecule has 1 N–H and O–H groups in total. The van der Waals surface area contributed by atoms with Gasteiger partial charge in [0.05, 0.1) is 11.7 Å². The molecule has 0 spiro atoms. The Morgan fingerprint density at radius 1 is 1.75 bits per heavy atom. The van der Waals surface area contributed by atoms with Gasteiger partial charge in [0, 0.05) is 0 Å². The standard InChI is InChI=1S/C9H13FO2/c1-7(9(11)12)5-3-4-6-8(2)10/h3,5,8H,1,4,6H2,2H3,(H,11,12)/b5-3-. The average molecular weight is 172 g/mol. The number of allylic oxidation sites excluding steroid dienone is 1. The van der Waals surface area contributed by atoms with E-state index in [-0.39, 0.29) is 5.57 Å². The fourth-order valence-electron chi connectivity index (χ4n) is 0.623. The van der Waals surface area contributed by atoms with Gasteiger partial charge in [-0.3, -0.25) is 0 Å². The highest BCUT2D eigenvalue weighted by Gasteiger charge is 1.98. The molecular weight excluding hydrogens is 159 g/mol. The zero-order valence-corrected chi connectivity index (χ0v) is 7.09. The van der Waals surface area contributed by atoms with Gasteiger partial charge >= 0.3 is 5.97 Å². The second-order valence-electron chi connectivity index (χ2n) is 2.59. The van der Waals surface area contributed by atoms with Crippen LogP contribution in [0.2, 0.25) is 0 Å². The van der Waals surface area contributed by atoms with Gasteiger partial charge in [-0.1, -0.05) is 18.7 Å². The number of aliphatic carboxylic acids is 1. The molecule has 0 radical (unpaired) electrons. The third-order valence-electron chi connectivity index (χ3n) is 1.32. The van der Waals surface area contributed by atoms with Crippen molar-refractivity contribution in [1.82, 2.24) is 0 Å². The Morgan fingerprint density at radius 3 is 2.75 bits per heavy atom. The van der Waals surface area contributed by atoms with Crippen LogP contribution in [0.5, 0.6) is 0 Å². The van der Waals surface area contributed by atoms with Crippen molar-refractivity contribution in [3.63, 3.8) is 0 Å². The van der Waals surface area contributed by atoms with Gasteiger partial charge in [-0.25, -0.2) is 9.18 Å². The summed E-state index contributed by atoms with van der Waals surface area (Å²) >= 11 is 0. The zero-order valence-electron chi connectivity index (χ0n) is 7.09. The molecule has 0 saturated carbocycles. The first-order chi connectivity index (χ1) is 5.54. The summed E-state index contributed by atoms with van der Waals surface area (Å²) in [6.07, 6.45) is 3.14. The summed E-state index contributed by atoms with van der Waals surface area (Å²) in [7, 11) is 0. The Hall–Kier alpha value is -1.12. The Morgan fingerprint density at radius 2 is 2.33 bits per heavy atom. The van der Waals surface area contributed by atoms with Crippen LogP contribution in [0.4, 0.5) is 4.39 Å². The minimum absolute atomic E-state index is 0.0292. The topological polar surface area (TPSA) is 37.3 Å². The van der Waals surface area contributed by atoms with Crippen molar-refractivity contribution in [2.75, 3.05) is 0 Å². The van der Waals surface area contributed by atoms with E-state index in [0.29, 0.717) is 12.8 Å². The first-order valence-corrected chi connectivity index (χ1v) is 3.77. The number of carbonyl (C=O) groups is 1. The van der Waals surface area contributed by atoms with Gasteiger partial charge in [-0.15, -0.1) is 0 Å². The number of carboxylic acid groups (broad SMARTS) is 1. The second kappa shape index (κ2) is 5.52. The second-order valence-corrected chi connectivity index (χ2v) is 2.59. The summed E-state index contributed by atoms with van der Waals surface area (Å²) in [4.78, 5) is 10.2. The van der Waals surface area contributed by atoms with Crippen molar-refractivity contribution >= 4 is 5.97 Å². The number of rotatable bonds is 5. The summed E-state index contributed by atoms with van der Waals surface area (Å²) in [5, 5.41) is 8.37. The molecule has 0 aliphatic heterocycles. The minimum atomic E-state index is -1.04. The van der Waals surface area contributed by atoms with Crippen LogP contribution in [0, 0.1) is 0 Å². The van der Waals surface area contributed by atoms with E-state index in [9.17, 15) is 9.18 Å². The predicted octanol–water partition coefficient (Wildman–Crippen LogP) is 2.32. The van der Waals surface area contributed by atoms with E-state index in [2.05, 4.69) is 6.58 Å². The molecule has 0 aromatic carbocycles. The summed E-state index contributed by atoms with van der Waals surface area (Å²) < 4.78 is 12.2. The Balaban J connectivity index is 3.63. The molecule has 0 aromatic rings. The Kier molecular flexibility index (Phi) is 5.00. The van der Waals surface area contributed by atoms with E-state index in [0.717, 1.165) is 0 Å². The molecule has 0 amide bonds. The molecule has 0 aliphatic rings. The number of hydrogen-bond acceptors (Lipinski definition) is 1. The van der Waals surface area contributed by atoms with Gasteiger partial charge in [0.15, 0.2) is 0 Å². The molecule has 0 saturated heterocycles. The molecule has 0 aromatic heterocycles. The van der Waals surface area contributed by atoms with Gasteiger partial charge in [-0.2, -0.15) is 0 Å². The average Bonchev–Trinajstić information content (AvgIpc) is 1.97. The van der Waals surface area contributed by atoms with Crippen molar-refractivity contribution in [2.45, 2.75) is 25.9 Å². The molecular formula is C9H13FO2. The van der Waals surface area contributed by atoms with Gasteiger partial charge in [-0.05, 0) is 19.8 Å². The highest BCUT2D eigenvalue weighted by molar-refractivity contribution is 5.88. The van der Waals surface area contributed by atoms with Crippen LogP contribution >= 0.6 is 0 Å². The van der Waals surface area contributed by atoms with Crippen molar-refractivity contribution in [3.8, 4) is 0 Å². The van der Waals surface area contributed by atoms with Crippen LogP contribution in [0.1, 0.15) is 19.8 Å². The fourth-order valence-corrected chi connectivity index (χ4v) is 0.623. The molecule has 2 nitrogen and oxygen atoms in total. The van der Waals surface area contributed by atoms with E-state index < -0.39 is 12.1 Å². The lowest BCUT2D eigenvalue weighted by Gasteiger charge is -1.95. The van der Waals surface area contributed by atoms with Crippen LogP contribution in [-0.2, 0) is 4.79 Å². The SMILES string of the molecule is C=C(/C=C\CCC(C)F)C(=O)O. The van der Waals surface area contributed by atoms with Crippen LogP contribution in [0.3, 0.4) is 0 Å². The lowest BCUT2D eigenvalue weighted by Crippen LogP contribution is -1.95. The molecule has 0 rings (SSSR count). The third kappa shape index (κ3) is 5.65. The molecule has 1 unspecified atom stereocenters. The van der Waals surface area contributed by atoms with Gasteiger partial charge in [0.1, 0.15) is 0 Å². The maximum absolute atomic E-state index is 12.2. The van der Waals surface area contributed by atoms with Crippen LogP contribution in [0.15, 0.2) is 24.3 Å². The van der Waals surface area contributed by atoms with Crippen molar-refractivity contribution in [2.24, 2.45) is 0 Å². The zero-order chi connectivity index (χ0) is 9.56. The maximum atomic E-state index is 12.2. The van der Waals surface area contributed by atoms with E-state index in [4.69, 9.17) is 5.11 Å². The highest BCUT2D eigenvalue weighted by atomic mass is 19.1. The number of halogens is 1. The Labute approximate surface area is 71.4 Å². The molecule has 12 heavy (non-hydrogen) atoms. The first kappa shape index (κ1) is 10.9. The normalized spacial score (nSPS) is 13.2. The van der Waals surface area contributed by atoms with E-state index in [1.54, 1.807) is 6.08 Å². The van der Waals surface area contributed by atoms with Crippen molar-refractivity contribution in [1.29, 1.82) is 0 Å². The van der Waals surface area contributed by atoms with Gasteiger partial charge in [0.2, 0.25) is 0 Å². The summed E-state index contributed by atoms with van der Waals surface area (Å²) in [6.45, 7) is 4.76. The van der Waals surface area contributed by atoms with E-state index >= 15 is 0 Å². The lowest BCUT2D eigenvalue weighted by molar-refractivity contribution is -0.132.